The van der Waals surface area contributed by atoms with Crippen molar-refractivity contribution in [2.24, 2.45) is 5.73 Å². The van der Waals surface area contributed by atoms with Crippen molar-refractivity contribution in [2.75, 3.05) is 0 Å². The number of para-hydroxylation sites is 1. The van der Waals surface area contributed by atoms with E-state index in [2.05, 4.69) is 38.8 Å². The summed E-state index contributed by atoms with van der Waals surface area (Å²) in [5.41, 5.74) is 9.01. The number of imidazole rings is 1. The Morgan fingerprint density at radius 2 is 2.00 bits per heavy atom. The summed E-state index contributed by atoms with van der Waals surface area (Å²) in [4.78, 5) is 8.72. The molecule has 0 radical (unpaired) electrons. The molecule has 4 nitrogen and oxygen atoms in total. The number of fused-ring (bicyclic) bond motifs is 1. The molecule has 0 saturated carbocycles. The first-order chi connectivity index (χ1) is 9.55. The molecule has 4 heteroatoms. The second kappa shape index (κ2) is 4.72. The van der Waals surface area contributed by atoms with Crippen LogP contribution in [0.4, 0.5) is 0 Å². The van der Waals surface area contributed by atoms with E-state index in [9.17, 15) is 0 Å². The molecule has 2 heterocycles. The Morgan fingerprint density at radius 3 is 2.80 bits per heavy atom. The summed E-state index contributed by atoms with van der Waals surface area (Å²) in [5, 5.41) is 1.15. The highest BCUT2D eigenvalue weighted by molar-refractivity contribution is 5.81. The summed E-state index contributed by atoms with van der Waals surface area (Å²) >= 11 is 0. The molecule has 0 spiro atoms. The molecule has 2 N–H and O–H groups in total. The van der Waals surface area contributed by atoms with Crippen molar-refractivity contribution in [2.45, 2.75) is 25.9 Å². The standard InChI is InChI=1S/C16H18N4/c1-16(2,17)14-9-18-11-20(14)10-13-6-3-5-12-7-4-8-19-15(12)13/h3-9,11H,10,17H2,1-2H3. The van der Waals surface area contributed by atoms with Gasteiger partial charge in [0.15, 0.2) is 0 Å². The van der Waals surface area contributed by atoms with Crippen LogP contribution in [0.15, 0.2) is 49.1 Å². The Hall–Kier alpha value is -2.20. The van der Waals surface area contributed by atoms with Crippen LogP contribution in [0.3, 0.4) is 0 Å². The van der Waals surface area contributed by atoms with E-state index in [-0.39, 0.29) is 0 Å². The Bertz CT molecular complexity index is 732. The van der Waals surface area contributed by atoms with Gasteiger partial charge in [-0.1, -0.05) is 24.3 Å². The maximum absolute atomic E-state index is 6.19. The molecule has 0 atom stereocenters. The van der Waals surface area contributed by atoms with Gasteiger partial charge in [0.25, 0.3) is 0 Å². The molecule has 0 aliphatic carbocycles. The van der Waals surface area contributed by atoms with Gasteiger partial charge in [0.05, 0.1) is 29.6 Å². The molecular formula is C16H18N4. The van der Waals surface area contributed by atoms with Crippen molar-refractivity contribution in [1.82, 2.24) is 14.5 Å². The number of hydrogen-bond acceptors (Lipinski definition) is 3. The Kier molecular flexibility index (Phi) is 3.03. The van der Waals surface area contributed by atoms with Crippen LogP contribution in [0, 0.1) is 0 Å². The maximum atomic E-state index is 6.19. The lowest BCUT2D eigenvalue weighted by Gasteiger charge is -2.21. The normalized spacial score (nSPS) is 11.9. The fourth-order valence-electron chi connectivity index (χ4n) is 2.46. The Morgan fingerprint density at radius 1 is 1.20 bits per heavy atom. The number of aromatic nitrogens is 3. The van der Waals surface area contributed by atoms with E-state index in [1.807, 2.05) is 38.6 Å². The van der Waals surface area contributed by atoms with Crippen molar-refractivity contribution in [3.8, 4) is 0 Å². The largest absolute Gasteiger partial charge is 0.328 e. The van der Waals surface area contributed by atoms with Crippen LogP contribution < -0.4 is 5.73 Å². The van der Waals surface area contributed by atoms with Crippen molar-refractivity contribution < 1.29 is 0 Å². The molecule has 2 aromatic heterocycles. The molecule has 20 heavy (non-hydrogen) atoms. The molecule has 0 aliphatic rings. The molecule has 0 fully saturated rings. The van der Waals surface area contributed by atoms with Crippen LogP contribution in [-0.2, 0) is 12.1 Å². The van der Waals surface area contributed by atoms with Gasteiger partial charge >= 0.3 is 0 Å². The van der Waals surface area contributed by atoms with E-state index >= 15 is 0 Å². The lowest BCUT2D eigenvalue weighted by Crippen LogP contribution is -2.31. The first-order valence-electron chi connectivity index (χ1n) is 6.68. The molecule has 0 aliphatic heterocycles. The molecular weight excluding hydrogens is 248 g/mol. The van der Waals surface area contributed by atoms with Crippen molar-refractivity contribution in [3.63, 3.8) is 0 Å². The zero-order valence-electron chi connectivity index (χ0n) is 11.7. The van der Waals surface area contributed by atoms with Crippen LogP contribution in [0.5, 0.6) is 0 Å². The molecule has 0 unspecified atom stereocenters. The molecule has 1 aromatic carbocycles. The topological polar surface area (TPSA) is 56.7 Å². The average molecular weight is 266 g/mol. The van der Waals surface area contributed by atoms with E-state index in [0.29, 0.717) is 0 Å². The second-order valence-corrected chi connectivity index (χ2v) is 5.62. The van der Waals surface area contributed by atoms with Gasteiger partial charge in [-0.2, -0.15) is 0 Å². The van der Waals surface area contributed by atoms with Crippen LogP contribution in [0.2, 0.25) is 0 Å². The lowest BCUT2D eigenvalue weighted by atomic mass is 10.0. The monoisotopic (exact) mass is 266 g/mol. The fraction of sp³-hybridized carbons (Fsp3) is 0.250. The zero-order chi connectivity index (χ0) is 14.2. The smallest absolute Gasteiger partial charge is 0.0951 e. The summed E-state index contributed by atoms with van der Waals surface area (Å²) in [6.07, 6.45) is 5.48. The Balaban J connectivity index is 2.05. The summed E-state index contributed by atoms with van der Waals surface area (Å²) in [6, 6.07) is 10.3. The van der Waals surface area contributed by atoms with Crippen molar-refractivity contribution in [3.05, 3.63) is 60.3 Å². The van der Waals surface area contributed by atoms with Gasteiger partial charge in [0, 0.05) is 17.8 Å². The maximum Gasteiger partial charge on any atom is 0.0951 e. The van der Waals surface area contributed by atoms with Crippen molar-refractivity contribution >= 4 is 10.9 Å². The van der Waals surface area contributed by atoms with Crippen LogP contribution in [0.1, 0.15) is 25.1 Å². The van der Waals surface area contributed by atoms with Gasteiger partial charge in [-0.05, 0) is 25.5 Å². The zero-order valence-corrected chi connectivity index (χ0v) is 11.7. The van der Waals surface area contributed by atoms with Gasteiger partial charge in [-0.25, -0.2) is 4.98 Å². The van der Waals surface area contributed by atoms with Gasteiger partial charge in [0.2, 0.25) is 0 Å². The first-order valence-corrected chi connectivity index (χ1v) is 6.68. The van der Waals surface area contributed by atoms with Gasteiger partial charge in [-0.15, -0.1) is 0 Å². The van der Waals surface area contributed by atoms with E-state index in [4.69, 9.17) is 5.73 Å². The van der Waals surface area contributed by atoms with Crippen LogP contribution in [-0.4, -0.2) is 14.5 Å². The van der Waals surface area contributed by atoms with E-state index in [1.165, 1.54) is 5.56 Å². The number of nitrogens with zero attached hydrogens (tertiary/aromatic N) is 3. The second-order valence-electron chi connectivity index (χ2n) is 5.62. The SMILES string of the molecule is CC(C)(N)c1cncn1Cc1cccc2cccnc12. The average Bonchev–Trinajstić information content (AvgIpc) is 2.87. The van der Waals surface area contributed by atoms with E-state index in [1.54, 1.807) is 0 Å². The minimum atomic E-state index is -0.408. The predicted octanol–water partition coefficient (Wildman–Crippen LogP) is 2.67. The van der Waals surface area contributed by atoms with Crippen molar-refractivity contribution in [1.29, 1.82) is 0 Å². The molecule has 0 saturated heterocycles. The fourth-order valence-corrected chi connectivity index (χ4v) is 2.46. The highest BCUT2D eigenvalue weighted by Crippen LogP contribution is 2.21. The van der Waals surface area contributed by atoms with Gasteiger partial charge in [-0.3, -0.25) is 4.98 Å². The van der Waals surface area contributed by atoms with Crippen LogP contribution >= 0.6 is 0 Å². The lowest BCUT2D eigenvalue weighted by molar-refractivity contribution is 0.504. The molecule has 3 aromatic rings. The summed E-state index contributed by atoms with van der Waals surface area (Å²) < 4.78 is 2.09. The molecule has 102 valence electrons. The van der Waals surface area contributed by atoms with Crippen LogP contribution in [0.25, 0.3) is 10.9 Å². The van der Waals surface area contributed by atoms with E-state index in [0.717, 1.165) is 23.1 Å². The molecule has 3 rings (SSSR count). The molecule has 0 bridgehead atoms. The number of benzene rings is 1. The minimum absolute atomic E-state index is 0.408. The first kappa shape index (κ1) is 12.8. The quantitative estimate of drug-likeness (QED) is 0.793. The third-order valence-electron chi connectivity index (χ3n) is 3.43. The number of rotatable bonds is 3. The third-order valence-corrected chi connectivity index (χ3v) is 3.43. The number of hydrogen-bond donors (Lipinski definition) is 1. The van der Waals surface area contributed by atoms with Gasteiger partial charge < -0.3 is 10.3 Å². The number of pyridine rings is 1. The minimum Gasteiger partial charge on any atom is -0.328 e. The summed E-state index contributed by atoms with van der Waals surface area (Å²) in [6.45, 7) is 4.70. The highest BCUT2D eigenvalue weighted by Gasteiger charge is 2.19. The molecule has 0 amide bonds. The number of nitrogens with two attached hydrogens (primary N) is 1. The highest BCUT2D eigenvalue weighted by atomic mass is 15.1. The third kappa shape index (κ3) is 2.30. The van der Waals surface area contributed by atoms with E-state index < -0.39 is 5.54 Å². The Labute approximate surface area is 118 Å². The summed E-state index contributed by atoms with van der Waals surface area (Å²) in [5.74, 6) is 0. The predicted molar refractivity (Wildman–Crippen MR) is 80.3 cm³/mol. The summed E-state index contributed by atoms with van der Waals surface area (Å²) in [7, 11) is 0. The van der Waals surface area contributed by atoms with Gasteiger partial charge in [0.1, 0.15) is 0 Å².